The van der Waals surface area contributed by atoms with Crippen molar-refractivity contribution in [3.05, 3.63) is 33.9 Å². The molecule has 4 nitrogen and oxygen atoms in total. The van der Waals surface area contributed by atoms with Crippen molar-refractivity contribution in [2.45, 2.75) is 32.6 Å². The van der Waals surface area contributed by atoms with Gasteiger partial charge in [-0.15, -0.1) is 0 Å². The van der Waals surface area contributed by atoms with Crippen molar-refractivity contribution in [2.75, 3.05) is 11.9 Å². The van der Waals surface area contributed by atoms with Gasteiger partial charge in [-0.05, 0) is 24.7 Å². The number of nitrogens with one attached hydrogen (secondary N) is 1. The number of nitrogens with zero attached hydrogens (tertiary/aromatic N) is 1. The number of benzene rings is 1. The number of hydrogen-bond donors (Lipinski definition) is 1. The summed E-state index contributed by atoms with van der Waals surface area (Å²) < 4.78 is 26.7. The smallest absolute Gasteiger partial charge is 0.298 e. The van der Waals surface area contributed by atoms with E-state index in [2.05, 4.69) is 12.2 Å². The third kappa shape index (κ3) is 3.43. The molecule has 2 unspecified atom stereocenters. The average molecular weight is 284 g/mol. The number of hydrogen-bond acceptors (Lipinski definition) is 3. The lowest BCUT2D eigenvalue weighted by atomic mass is 9.82. The van der Waals surface area contributed by atoms with Gasteiger partial charge >= 0.3 is 0 Å². The van der Waals surface area contributed by atoms with Gasteiger partial charge in [-0.3, -0.25) is 10.1 Å². The third-order valence-electron chi connectivity index (χ3n) is 3.84. The zero-order chi connectivity index (χ0) is 14.7. The lowest BCUT2D eigenvalue weighted by Gasteiger charge is -2.27. The van der Waals surface area contributed by atoms with E-state index in [1.54, 1.807) is 0 Å². The molecule has 1 N–H and O–H groups in total. The van der Waals surface area contributed by atoms with Crippen LogP contribution in [0.5, 0.6) is 0 Å². The van der Waals surface area contributed by atoms with Gasteiger partial charge < -0.3 is 5.32 Å². The summed E-state index contributed by atoms with van der Waals surface area (Å²) >= 11 is 0. The highest BCUT2D eigenvalue weighted by atomic mass is 19.1. The highest BCUT2D eigenvalue weighted by Crippen LogP contribution is 2.32. The van der Waals surface area contributed by atoms with Crippen LogP contribution in [0.1, 0.15) is 32.6 Å². The largest absolute Gasteiger partial charge is 0.377 e. The topological polar surface area (TPSA) is 55.2 Å². The van der Waals surface area contributed by atoms with Crippen LogP contribution in [0.3, 0.4) is 0 Å². The molecule has 1 aromatic rings. The fraction of sp³-hybridized carbons (Fsp3) is 0.571. The van der Waals surface area contributed by atoms with E-state index >= 15 is 0 Å². The van der Waals surface area contributed by atoms with Gasteiger partial charge in [-0.1, -0.05) is 19.8 Å². The van der Waals surface area contributed by atoms with Crippen molar-refractivity contribution in [2.24, 2.45) is 11.8 Å². The fourth-order valence-electron chi connectivity index (χ4n) is 2.87. The van der Waals surface area contributed by atoms with Crippen LogP contribution < -0.4 is 5.32 Å². The zero-order valence-corrected chi connectivity index (χ0v) is 11.4. The monoisotopic (exact) mass is 284 g/mol. The fourth-order valence-corrected chi connectivity index (χ4v) is 2.87. The quantitative estimate of drug-likeness (QED) is 0.668. The molecule has 20 heavy (non-hydrogen) atoms. The van der Waals surface area contributed by atoms with Crippen LogP contribution in [0.2, 0.25) is 0 Å². The second-order valence-electron chi connectivity index (χ2n) is 5.56. The minimum absolute atomic E-state index is 0.213. The first-order chi connectivity index (χ1) is 9.47. The summed E-state index contributed by atoms with van der Waals surface area (Å²) in [5, 5.41) is 13.7. The molecule has 6 heteroatoms. The van der Waals surface area contributed by atoms with E-state index in [-0.39, 0.29) is 5.69 Å². The molecule has 0 saturated heterocycles. The molecular formula is C14H18F2N2O2. The number of nitro groups is 1. The Labute approximate surface area is 116 Å². The molecule has 0 aromatic heterocycles. The van der Waals surface area contributed by atoms with Crippen LogP contribution in [-0.4, -0.2) is 11.5 Å². The Morgan fingerprint density at radius 1 is 1.40 bits per heavy atom. The predicted molar refractivity (Wildman–Crippen MR) is 72.6 cm³/mol. The molecule has 0 spiro atoms. The maximum atomic E-state index is 13.7. The molecule has 0 radical (unpaired) electrons. The van der Waals surface area contributed by atoms with Crippen molar-refractivity contribution >= 4 is 11.4 Å². The Morgan fingerprint density at radius 3 is 2.80 bits per heavy atom. The summed E-state index contributed by atoms with van der Waals surface area (Å²) in [7, 11) is 0. The van der Waals surface area contributed by atoms with Gasteiger partial charge in [0.2, 0.25) is 0 Å². The van der Waals surface area contributed by atoms with E-state index in [0.717, 1.165) is 25.3 Å². The van der Waals surface area contributed by atoms with E-state index in [1.165, 1.54) is 6.42 Å². The second kappa shape index (κ2) is 6.15. The molecule has 0 bridgehead atoms. The second-order valence-corrected chi connectivity index (χ2v) is 5.56. The van der Waals surface area contributed by atoms with E-state index in [0.29, 0.717) is 24.4 Å². The standard InChI is InChI=1S/C14H18F2N2O2/c1-9-3-2-4-10(5-9)8-17-14-12(16)6-11(15)7-13(14)18(19)20/h6-7,9-10,17H,2-5,8H2,1H3. The Hall–Kier alpha value is -1.72. The highest BCUT2D eigenvalue weighted by Gasteiger charge is 2.23. The van der Waals surface area contributed by atoms with Crippen LogP contribution in [-0.2, 0) is 0 Å². The van der Waals surface area contributed by atoms with E-state index < -0.39 is 22.2 Å². The average Bonchev–Trinajstić information content (AvgIpc) is 2.36. The van der Waals surface area contributed by atoms with E-state index in [1.807, 2.05) is 0 Å². The van der Waals surface area contributed by atoms with Crippen molar-refractivity contribution in [3.8, 4) is 0 Å². The van der Waals surface area contributed by atoms with Gasteiger partial charge in [-0.2, -0.15) is 0 Å². The number of halogens is 2. The first-order valence-electron chi connectivity index (χ1n) is 6.84. The van der Waals surface area contributed by atoms with Gasteiger partial charge in [0.15, 0.2) is 5.82 Å². The molecule has 1 aliphatic rings. The minimum atomic E-state index is -0.939. The summed E-state index contributed by atoms with van der Waals surface area (Å²) in [5.74, 6) is -0.849. The van der Waals surface area contributed by atoms with E-state index in [9.17, 15) is 18.9 Å². The summed E-state index contributed by atoms with van der Waals surface area (Å²) in [4.78, 5) is 10.1. The predicted octanol–water partition coefficient (Wildman–Crippen LogP) is 4.11. The first kappa shape index (κ1) is 14.7. The summed E-state index contributed by atoms with van der Waals surface area (Å²) in [6, 6.07) is 1.41. The zero-order valence-electron chi connectivity index (χ0n) is 11.4. The Kier molecular flexibility index (Phi) is 4.52. The van der Waals surface area contributed by atoms with Gasteiger partial charge in [0.05, 0.1) is 11.0 Å². The summed E-state index contributed by atoms with van der Waals surface area (Å²) in [5.41, 5.74) is -0.763. The molecule has 1 fully saturated rings. The van der Waals surface area contributed by atoms with Crippen molar-refractivity contribution in [1.82, 2.24) is 0 Å². The molecule has 110 valence electrons. The molecule has 2 atom stereocenters. The van der Waals surface area contributed by atoms with Crippen molar-refractivity contribution < 1.29 is 13.7 Å². The summed E-state index contributed by atoms with van der Waals surface area (Å²) in [6.07, 6.45) is 4.39. The van der Waals surface area contributed by atoms with Crippen LogP contribution in [0.4, 0.5) is 20.2 Å². The maximum absolute atomic E-state index is 13.7. The van der Waals surface area contributed by atoms with Crippen LogP contribution in [0.15, 0.2) is 12.1 Å². The van der Waals surface area contributed by atoms with Crippen molar-refractivity contribution in [1.29, 1.82) is 0 Å². The molecule has 0 heterocycles. The van der Waals surface area contributed by atoms with E-state index in [4.69, 9.17) is 0 Å². The van der Waals surface area contributed by atoms with Crippen molar-refractivity contribution in [3.63, 3.8) is 0 Å². The normalized spacial score (nSPS) is 22.6. The lowest BCUT2D eigenvalue weighted by Crippen LogP contribution is -2.21. The molecular weight excluding hydrogens is 266 g/mol. The first-order valence-corrected chi connectivity index (χ1v) is 6.84. The number of rotatable bonds is 4. The lowest BCUT2D eigenvalue weighted by molar-refractivity contribution is -0.384. The highest BCUT2D eigenvalue weighted by molar-refractivity contribution is 5.62. The molecule has 1 saturated carbocycles. The number of nitro benzene ring substituents is 1. The third-order valence-corrected chi connectivity index (χ3v) is 3.84. The summed E-state index contributed by atoms with van der Waals surface area (Å²) in [6.45, 7) is 2.65. The molecule has 0 aliphatic heterocycles. The Morgan fingerprint density at radius 2 is 2.15 bits per heavy atom. The Balaban J connectivity index is 2.10. The van der Waals surface area contributed by atoms with Gasteiger partial charge in [0.1, 0.15) is 11.5 Å². The van der Waals surface area contributed by atoms with Gasteiger partial charge in [0, 0.05) is 12.6 Å². The number of anilines is 1. The minimum Gasteiger partial charge on any atom is -0.377 e. The maximum Gasteiger partial charge on any atom is 0.298 e. The Bertz CT molecular complexity index is 508. The van der Waals surface area contributed by atoms with Gasteiger partial charge in [0.25, 0.3) is 5.69 Å². The van der Waals surface area contributed by atoms with Crippen LogP contribution in [0.25, 0.3) is 0 Å². The molecule has 1 aromatic carbocycles. The van der Waals surface area contributed by atoms with Gasteiger partial charge in [-0.25, -0.2) is 8.78 Å². The molecule has 0 amide bonds. The molecule has 1 aliphatic carbocycles. The SMILES string of the molecule is CC1CCCC(CNc2c(F)cc(F)cc2[N+](=O)[O-])C1. The molecule has 2 rings (SSSR count). The van der Waals surface area contributed by atoms with Crippen LogP contribution >= 0.6 is 0 Å². The van der Waals surface area contributed by atoms with Crippen LogP contribution in [0, 0.1) is 33.6 Å².